The number of anilines is 2. The summed E-state index contributed by atoms with van der Waals surface area (Å²) in [5, 5.41) is 6.40. The zero-order valence-corrected chi connectivity index (χ0v) is 9.47. The van der Waals surface area contributed by atoms with E-state index in [-0.39, 0.29) is 5.91 Å². The molecule has 92 valence electrons. The number of nitrogen functional groups attached to an aromatic ring is 1. The summed E-state index contributed by atoms with van der Waals surface area (Å²) in [6.07, 6.45) is 0.346. The predicted octanol–water partition coefficient (Wildman–Crippen LogP) is 1.64. The van der Waals surface area contributed by atoms with E-state index in [9.17, 15) is 4.79 Å². The molecular formula is C12H11N3O3. The van der Waals surface area contributed by atoms with Crippen molar-refractivity contribution >= 4 is 17.4 Å². The Morgan fingerprint density at radius 1 is 1.33 bits per heavy atom. The van der Waals surface area contributed by atoms with E-state index >= 15 is 0 Å². The van der Waals surface area contributed by atoms with Crippen LogP contribution in [0.4, 0.5) is 11.5 Å². The minimum absolute atomic E-state index is 0.0667. The molecule has 6 heteroatoms. The average Bonchev–Trinajstić information content (AvgIpc) is 2.69. The minimum atomic E-state index is -0.0667. The van der Waals surface area contributed by atoms with Crippen LogP contribution in [0.5, 0.6) is 5.75 Å². The zero-order chi connectivity index (χ0) is 12.5. The Morgan fingerprint density at radius 3 is 3.00 bits per heavy atom. The number of amides is 1. The largest absolute Gasteiger partial charge is 0.491 e. The zero-order valence-electron chi connectivity index (χ0n) is 9.47. The lowest BCUT2D eigenvalue weighted by Gasteiger charge is -2.07. The number of hydrogen-bond acceptors (Lipinski definition) is 5. The number of ether oxygens (including phenoxy) is 1. The Kier molecular flexibility index (Phi) is 2.40. The molecule has 1 amide bonds. The fraction of sp³-hybridized carbons (Fsp3) is 0.167. The van der Waals surface area contributed by atoms with Crippen molar-refractivity contribution < 1.29 is 14.1 Å². The highest BCUT2D eigenvalue weighted by Gasteiger charge is 2.15. The fourth-order valence-corrected chi connectivity index (χ4v) is 1.80. The lowest BCUT2D eigenvalue weighted by atomic mass is 10.1. The van der Waals surface area contributed by atoms with Gasteiger partial charge in [-0.3, -0.25) is 4.79 Å². The van der Waals surface area contributed by atoms with E-state index in [1.165, 1.54) is 0 Å². The van der Waals surface area contributed by atoms with Gasteiger partial charge < -0.3 is 20.3 Å². The Labute approximate surface area is 103 Å². The third-order valence-electron chi connectivity index (χ3n) is 2.65. The number of nitrogens with one attached hydrogen (secondary N) is 1. The van der Waals surface area contributed by atoms with Crippen LogP contribution in [0.2, 0.25) is 0 Å². The number of aromatic nitrogens is 1. The monoisotopic (exact) mass is 245 g/mol. The average molecular weight is 245 g/mol. The maximum absolute atomic E-state index is 11.5. The molecule has 0 atom stereocenters. The van der Waals surface area contributed by atoms with Gasteiger partial charge in [-0.2, -0.15) is 0 Å². The molecule has 1 aromatic heterocycles. The first-order valence-corrected chi connectivity index (χ1v) is 5.51. The van der Waals surface area contributed by atoms with E-state index in [0.717, 1.165) is 5.56 Å². The number of carbonyl (C=O) groups excluding carboxylic acids is 1. The first-order valence-electron chi connectivity index (χ1n) is 5.51. The molecule has 6 nitrogen and oxygen atoms in total. The Balaban J connectivity index is 2.02. The number of nitrogens with two attached hydrogens (primary N) is 1. The molecule has 2 heterocycles. The lowest BCUT2D eigenvalue weighted by Crippen LogP contribution is -2.10. The molecule has 1 aliphatic heterocycles. The van der Waals surface area contributed by atoms with E-state index in [2.05, 4.69) is 10.5 Å². The van der Waals surface area contributed by atoms with Crippen LogP contribution in [-0.2, 0) is 4.79 Å². The summed E-state index contributed by atoms with van der Waals surface area (Å²) in [5.41, 5.74) is 6.91. The molecular weight excluding hydrogens is 234 g/mol. The second kappa shape index (κ2) is 4.06. The van der Waals surface area contributed by atoms with Gasteiger partial charge >= 0.3 is 0 Å². The molecule has 1 aromatic carbocycles. The number of rotatable bonds is 1. The van der Waals surface area contributed by atoms with Crippen LogP contribution in [0.3, 0.4) is 0 Å². The van der Waals surface area contributed by atoms with Crippen molar-refractivity contribution in [3.8, 4) is 17.1 Å². The number of benzene rings is 1. The number of carbonyl (C=O) groups is 1. The third-order valence-corrected chi connectivity index (χ3v) is 2.65. The first-order chi connectivity index (χ1) is 8.72. The molecule has 1 aliphatic rings. The van der Waals surface area contributed by atoms with Crippen molar-refractivity contribution in [3.05, 3.63) is 24.3 Å². The molecule has 3 rings (SSSR count). The van der Waals surface area contributed by atoms with Gasteiger partial charge in [-0.05, 0) is 18.2 Å². The number of hydrogen-bond donors (Lipinski definition) is 2. The van der Waals surface area contributed by atoms with Crippen molar-refractivity contribution in [2.24, 2.45) is 0 Å². The lowest BCUT2D eigenvalue weighted by molar-refractivity contribution is -0.116. The van der Waals surface area contributed by atoms with Crippen LogP contribution < -0.4 is 15.8 Å². The van der Waals surface area contributed by atoms with Gasteiger partial charge in [-0.15, -0.1) is 0 Å². The van der Waals surface area contributed by atoms with Crippen LogP contribution in [0.1, 0.15) is 6.42 Å². The topological polar surface area (TPSA) is 90.4 Å². The molecule has 0 bridgehead atoms. The highest BCUT2D eigenvalue weighted by molar-refractivity contribution is 5.93. The van der Waals surface area contributed by atoms with Gasteiger partial charge in [0.25, 0.3) is 0 Å². The molecule has 0 unspecified atom stereocenters. The molecule has 0 saturated heterocycles. The second-order valence-electron chi connectivity index (χ2n) is 3.97. The predicted molar refractivity (Wildman–Crippen MR) is 65.1 cm³/mol. The highest BCUT2D eigenvalue weighted by Crippen LogP contribution is 2.32. The molecule has 0 radical (unpaired) electrons. The number of nitrogens with zero attached hydrogens (tertiary/aromatic N) is 1. The van der Waals surface area contributed by atoms with E-state index in [4.69, 9.17) is 15.0 Å². The van der Waals surface area contributed by atoms with Crippen LogP contribution >= 0.6 is 0 Å². The highest BCUT2D eigenvalue weighted by atomic mass is 16.5. The minimum Gasteiger partial charge on any atom is -0.491 e. The molecule has 3 N–H and O–H groups in total. The van der Waals surface area contributed by atoms with Crippen molar-refractivity contribution in [1.82, 2.24) is 5.16 Å². The molecule has 0 aliphatic carbocycles. The Bertz CT molecular complexity index is 606. The quantitative estimate of drug-likeness (QED) is 0.797. The van der Waals surface area contributed by atoms with Crippen molar-refractivity contribution in [3.63, 3.8) is 0 Å². The van der Waals surface area contributed by atoms with Crippen LogP contribution in [0.15, 0.2) is 28.8 Å². The maximum Gasteiger partial charge on any atom is 0.227 e. The van der Waals surface area contributed by atoms with Gasteiger partial charge in [0, 0.05) is 11.6 Å². The van der Waals surface area contributed by atoms with Gasteiger partial charge in [0.2, 0.25) is 5.91 Å². The SMILES string of the molecule is Nc1cc(-c2ccc3c(c2)NC(=O)CCO3)on1. The molecule has 0 fully saturated rings. The summed E-state index contributed by atoms with van der Waals surface area (Å²) in [4.78, 5) is 11.5. The molecule has 0 spiro atoms. The van der Waals surface area contributed by atoms with Crippen LogP contribution in [0, 0.1) is 0 Å². The summed E-state index contributed by atoms with van der Waals surface area (Å²) < 4.78 is 10.5. The normalized spacial score (nSPS) is 14.3. The molecule has 0 saturated carbocycles. The Hall–Kier alpha value is -2.50. The maximum atomic E-state index is 11.5. The molecule has 18 heavy (non-hydrogen) atoms. The van der Waals surface area contributed by atoms with Crippen molar-refractivity contribution in [2.75, 3.05) is 17.7 Å². The summed E-state index contributed by atoms with van der Waals surface area (Å²) in [7, 11) is 0. The summed E-state index contributed by atoms with van der Waals surface area (Å²) in [6.45, 7) is 0.382. The van der Waals surface area contributed by atoms with Crippen molar-refractivity contribution in [1.29, 1.82) is 0 Å². The van der Waals surface area contributed by atoms with Crippen molar-refractivity contribution in [2.45, 2.75) is 6.42 Å². The Morgan fingerprint density at radius 2 is 2.22 bits per heavy atom. The standard InChI is InChI=1S/C12H11N3O3/c13-11-6-10(18-15-11)7-1-2-9-8(5-7)14-12(16)3-4-17-9/h1-2,5-6H,3-4H2,(H2,13,15)(H,14,16). The van der Waals surface area contributed by atoms with Gasteiger partial charge in [0.15, 0.2) is 11.6 Å². The van der Waals surface area contributed by atoms with E-state index in [1.807, 2.05) is 6.07 Å². The number of fused-ring (bicyclic) bond motifs is 1. The molecule has 2 aromatic rings. The summed E-state index contributed by atoms with van der Waals surface area (Å²) in [6, 6.07) is 7.02. The van der Waals surface area contributed by atoms with E-state index in [1.54, 1.807) is 18.2 Å². The summed E-state index contributed by atoms with van der Waals surface area (Å²) in [5.74, 6) is 1.45. The van der Waals surface area contributed by atoms with Gasteiger partial charge in [-0.1, -0.05) is 5.16 Å². The van der Waals surface area contributed by atoms with Crippen LogP contribution in [-0.4, -0.2) is 17.7 Å². The van der Waals surface area contributed by atoms with Crippen LogP contribution in [0.25, 0.3) is 11.3 Å². The van der Waals surface area contributed by atoms with Gasteiger partial charge in [0.05, 0.1) is 18.7 Å². The van der Waals surface area contributed by atoms with Gasteiger partial charge in [0.1, 0.15) is 5.75 Å². The van der Waals surface area contributed by atoms with Gasteiger partial charge in [-0.25, -0.2) is 0 Å². The first kappa shape index (κ1) is 10.6. The fourth-order valence-electron chi connectivity index (χ4n) is 1.80. The smallest absolute Gasteiger partial charge is 0.227 e. The summed E-state index contributed by atoms with van der Waals surface area (Å²) >= 11 is 0. The third kappa shape index (κ3) is 1.88. The van der Waals surface area contributed by atoms with E-state index < -0.39 is 0 Å². The second-order valence-corrected chi connectivity index (χ2v) is 3.97. The van der Waals surface area contributed by atoms with E-state index in [0.29, 0.717) is 36.0 Å².